The maximum atomic E-state index is 12.9. The first-order chi connectivity index (χ1) is 9.49. The molecule has 0 aliphatic heterocycles. The predicted octanol–water partition coefficient (Wildman–Crippen LogP) is 1.92. The molecule has 1 N–H and O–H groups in total. The molecule has 0 saturated heterocycles. The van der Waals surface area contributed by atoms with E-state index in [1.807, 2.05) is 0 Å². The van der Waals surface area contributed by atoms with Crippen LogP contribution in [0.1, 0.15) is 19.3 Å². The second-order valence-corrected chi connectivity index (χ2v) is 4.37. The molecular weight excluding hydrogens is 265 g/mol. The van der Waals surface area contributed by atoms with Gasteiger partial charge in [0.05, 0.1) is 13.0 Å². The number of amides is 1. The molecule has 110 valence electrons. The van der Waals surface area contributed by atoms with Crippen LogP contribution in [-0.4, -0.2) is 42.1 Å². The van der Waals surface area contributed by atoms with Crippen LogP contribution in [0.25, 0.3) is 0 Å². The normalized spacial score (nSPS) is 10.1. The van der Waals surface area contributed by atoms with Crippen LogP contribution >= 0.6 is 0 Å². The zero-order valence-electron chi connectivity index (χ0n) is 11.3. The number of halogens is 1. The number of aliphatic carboxylic acids is 1. The van der Waals surface area contributed by atoms with Gasteiger partial charge in [-0.05, 0) is 18.6 Å². The van der Waals surface area contributed by atoms with Crippen LogP contribution in [0.15, 0.2) is 24.3 Å². The van der Waals surface area contributed by atoms with Gasteiger partial charge in [-0.25, -0.2) is 4.39 Å². The van der Waals surface area contributed by atoms with E-state index in [4.69, 9.17) is 9.84 Å². The van der Waals surface area contributed by atoms with Gasteiger partial charge in [-0.3, -0.25) is 9.59 Å². The fraction of sp³-hybridized carbons (Fsp3) is 0.429. The van der Waals surface area contributed by atoms with Crippen molar-refractivity contribution in [3.05, 3.63) is 30.1 Å². The quantitative estimate of drug-likeness (QED) is 0.791. The van der Waals surface area contributed by atoms with Crippen molar-refractivity contribution in [1.82, 2.24) is 4.90 Å². The summed E-state index contributed by atoms with van der Waals surface area (Å²) >= 11 is 0. The van der Waals surface area contributed by atoms with E-state index < -0.39 is 5.97 Å². The van der Waals surface area contributed by atoms with Gasteiger partial charge >= 0.3 is 5.97 Å². The van der Waals surface area contributed by atoms with Gasteiger partial charge in [0.15, 0.2) is 0 Å². The summed E-state index contributed by atoms with van der Waals surface area (Å²) in [6.07, 6.45) is 0.625. The van der Waals surface area contributed by atoms with Crippen LogP contribution in [0.2, 0.25) is 0 Å². The molecule has 0 spiro atoms. The molecule has 0 heterocycles. The Labute approximate surface area is 117 Å². The summed E-state index contributed by atoms with van der Waals surface area (Å²) in [5.41, 5.74) is 0. The lowest BCUT2D eigenvalue weighted by Crippen LogP contribution is -2.29. The lowest BCUT2D eigenvalue weighted by atomic mass is 10.3. The zero-order valence-corrected chi connectivity index (χ0v) is 11.3. The molecule has 1 amide bonds. The minimum atomic E-state index is -0.875. The van der Waals surface area contributed by atoms with Crippen molar-refractivity contribution in [3.8, 4) is 5.75 Å². The highest BCUT2D eigenvalue weighted by Crippen LogP contribution is 2.12. The summed E-state index contributed by atoms with van der Waals surface area (Å²) < 4.78 is 18.2. The smallest absolute Gasteiger partial charge is 0.303 e. The van der Waals surface area contributed by atoms with Crippen molar-refractivity contribution in [2.75, 3.05) is 20.2 Å². The Balaban J connectivity index is 2.23. The summed E-state index contributed by atoms with van der Waals surface area (Å²) in [4.78, 5) is 23.5. The van der Waals surface area contributed by atoms with E-state index in [0.29, 0.717) is 18.7 Å². The van der Waals surface area contributed by atoms with Gasteiger partial charge in [0.25, 0.3) is 0 Å². The first kappa shape index (κ1) is 15.9. The van der Waals surface area contributed by atoms with E-state index >= 15 is 0 Å². The number of nitrogens with zero attached hydrogens (tertiary/aromatic N) is 1. The zero-order chi connectivity index (χ0) is 15.0. The molecule has 0 radical (unpaired) electrons. The molecule has 1 aromatic rings. The Morgan fingerprint density at radius 1 is 1.35 bits per heavy atom. The number of hydrogen-bond donors (Lipinski definition) is 1. The lowest BCUT2D eigenvalue weighted by molar-refractivity contribution is -0.138. The van der Waals surface area contributed by atoms with Crippen LogP contribution in [0, 0.1) is 5.82 Å². The minimum Gasteiger partial charge on any atom is -0.493 e. The van der Waals surface area contributed by atoms with Gasteiger partial charge in [0.2, 0.25) is 5.91 Å². The standard InChI is InChI=1S/C14H18FNO4/c1-16(8-3-6-14(18)19)13(17)7-9-20-12-5-2-4-11(15)10-12/h2,4-5,10H,3,6-9H2,1H3,(H,18,19). The fourth-order valence-electron chi connectivity index (χ4n) is 1.60. The molecule has 0 aliphatic rings. The maximum Gasteiger partial charge on any atom is 0.303 e. The highest BCUT2D eigenvalue weighted by molar-refractivity contribution is 5.76. The van der Waals surface area contributed by atoms with Crippen molar-refractivity contribution in [3.63, 3.8) is 0 Å². The predicted molar refractivity (Wildman–Crippen MR) is 71.0 cm³/mol. The molecule has 0 aromatic heterocycles. The van der Waals surface area contributed by atoms with Crippen molar-refractivity contribution in [2.45, 2.75) is 19.3 Å². The van der Waals surface area contributed by atoms with Crippen molar-refractivity contribution in [1.29, 1.82) is 0 Å². The molecule has 0 atom stereocenters. The topological polar surface area (TPSA) is 66.8 Å². The number of benzene rings is 1. The van der Waals surface area contributed by atoms with E-state index in [-0.39, 0.29) is 31.2 Å². The van der Waals surface area contributed by atoms with Crippen molar-refractivity contribution in [2.24, 2.45) is 0 Å². The Morgan fingerprint density at radius 2 is 2.10 bits per heavy atom. The third kappa shape index (κ3) is 6.17. The van der Waals surface area contributed by atoms with Crippen LogP contribution < -0.4 is 4.74 Å². The number of hydrogen-bond acceptors (Lipinski definition) is 3. The van der Waals surface area contributed by atoms with Gasteiger partial charge < -0.3 is 14.7 Å². The summed E-state index contributed by atoms with van der Waals surface area (Å²) in [5.74, 6) is -1.02. The van der Waals surface area contributed by atoms with Crippen LogP contribution in [-0.2, 0) is 9.59 Å². The van der Waals surface area contributed by atoms with Crippen molar-refractivity contribution >= 4 is 11.9 Å². The molecule has 0 fully saturated rings. The number of carbonyl (C=O) groups is 2. The summed E-state index contributed by atoms with van der Waals surface area (Å²) in [6, 6.07) is 5.71. The highest BCUT2D eigenvalue weighted by Gasteiger charge is 2.09. The van der Waals surface area contributed by atoms with Gasteiger partial charge in [0, 0.05) is 26.1 Å². The maximum absolute atomic E-state index is 12.9. The van der Waals surface area contributed by atoms with Gasteiger partial charge in [0.1, 0.15) is 11.6 Å². The molecule has 0 bridgehead atoms. The number of rotatable bonds is 8. The molecule has 0 saturated carbocycles. The largest absolute Gasteiger partial charge is 0.493 e. The Bertz CT molecular complexity index is 464. The molecule has 6 heteroatoms. The Hall–Kier alpha value is -2.11. The van der Waals surface area contributed by atoms with E-state index in [9.17, 15) is 14.0 Å². The van der Waals surface area contributed by atoms with Crippen LogP contribution in [0.3, 0.4) is 0 Å². The first-order valence-electron chi connectivity index (χ1n) is 6.33. The molecule has 20 heavy (non-hydrogen) atoms. The Morgan fingerprint density at radius 3 is 2.75 bits per heavy atom. The summed E-state index contributed by atoms with van der Waals surface area (Å²) in [7, 11) is 1.62. The third-order valence-electron chi connectivity index (χ3n) is 2.69. The van der Waals surface area contributed by atoms with E-state index in [2.05, 4.69) is 0 Å². The fourth-order valence-corrected chi connectivity index (χ4v) is 1.60. The number of ether oxygens (including phenoxy) is 1. The van der Waals surface area contributed by atoms with Gasteiger partial charge in [-0.1, -0.05) is 6.07 Å². The average molecular weight is 283 g/mol. The molecule has 0 aliphatic carbocycles. The minimum absolute atomic E-state index is 0.0391. The molecule has 1 rings (SSSR count). The number of carboxylic acids is 1. The first-order valence-corrected chi connectivity index (χ1v) is 6.33. The summed E-state index contributed by atoms with van der Waals surface area (Å²) in [5, 5.41) is 8.50. The SMILES string of the molecule is CN(CCCC(=O)O)C(=O)CCOc1cccc(F)c1. The van der Waals surface area contributed by atoms with E-state index in [1.165, 1.54) is 23.1 Å². The average Bonchev–Trinajstić information content (AvgIpc) is 2.38. The molecule has 0 unspecified atom stereocenters. The molecule has 5 nitrogen and oxygen atoms in total. The van der Waals surface area contributed by atoms with Gasteiger partial charge in [-0.2, -0.15) is 0 Å². The van der Waals surface area contributed by atoms with Crippen molar-refractivity contribution < 1.29 is 23.8 Å². The van der Waals surface area contributed by atoms with Gasteiger partial charge in [-0.15, -0.1) is 0 Å². The monoisotopic (exact) mass is 283 g/mol. The second-order valence-electron chi connectivity index (χ2n) is 4.37. The third-order valence-corrected chi connectivity index (χ3v) is 2.69. The number of carbonyl (C=O) groups excluding carboxylic acids is 1. The number of carboxylic acid groups (broad SMARTS) is 1. The highest BCUT2D eigenvalue weighted by atomic mass is 19.1. The molecular formula is C14H18FNO4. The Kier molecular flexibility index (Phi) is 6.49. The van der Waals surface area contributed by atoms with Crippen LogP contribution in [0.4, 0.5) is 4.39 Å². The lowest BCUT2D eigenvalue weighted by Gasteiger charge is -2.16. The second kappa shape index (κ2) is 8.14. The summed E-state index contributed by atoms with van der Waals surface area (Å²) in [6.45, 7) is 0.552. The van der Waals surface area contributed by atoms with E-state index in [1.54, 1.807) is 13.1 Å². The van der Waals surface area contributed by atoms with Crippen LogP contribution in [0.5, 0.6) is 5.75 Å². The molecule has 1 aromatic carbocycles. The van der Waals surface area contributed by atoms with E-state index in [0.717, 1.165) is 0 Å².